The summed E-state index contributed by atoms with van der Waals surface area (Å²) in [7, 11) is 0. The highest BCUT2D eigenvalue weighted by Gasteiger charge is 2.18. The second-order valence-electron chi connectivity index (χ2n) is 4.68. The molecule has 6 heteroatoms. The van der Waals surface area contributed by atoms with Crippen molar-refractivity contribution >= 4 is 29.3 Å². The van der Waals surface area contributed by atoms with Crippen molar-refractivity contribution in [2.24, 2.45) is 0 Å². The third kappa shape index (κ3) is 4.25. The average molecular weight is 325 g/mol. The van der Waals surface area contributed by atoms with Gasteiger partial charge >= 0.3 is 0 Å². The number of aryl methyl sites for hydroxylation is 1. The van der Waals surface area contributed by atoms with Crippen molar-refractivity contribution < 1.29 is 9.32 Å². The number of carbonyl (C=O) groups excluding carboxylic acids is 1. The molecule has 1 amide bonds. The quantitative estimate of drug-likeness (QED) is 0.884. The largest absolute Gasteiger partial charge is 0.348 e. The fourth-order valence-electron chi connectivity index (χ4n) is 2.04. The van der Waals surface area contributed by atoms with Crippen molar-refractivity contribution in [1.82, 2.24) is 10.5 Å². The molecule has 0 fully saturated rings. The second kappa shape index (κ2) is 7.52. The van der Waals surface area contributed by atoms with Gasteiger partial charge in [-0.3, -0.25) is 4.79 Å². The third-order valence-electron chi connectivity index (χ3n) is 3.14. The molecule has 0 unspecified atom stereocenters. The first-order chi connectivity index (χ1) is 10.1. The average Bonchev–Trinajstić information content (AvgIpc) is 2.79. The van der Waals surface area contributed by atoms with Crippen molar-refractivity contribution in [2.45, 2.75) is 19.4 Å². The van der Waals surface area contributed by atoms with Crippen LogP contribution in [0.5, 0.6) is 0 Å². The summed E-state index contributed by atoms with van der Waals surface area (Å²) in [5, 5.41) is 6.97. The summed E-state index contributed by atoms with van der Waals surface area (Å²) >= 11 is 7.58. The third-order valence-corrected chi connectivity index (χ3v) is 4.11. The Balaban J connectivity index is 2.05. The molecule has 0 aliphatic rings. The molecule has 0 saturated heterocycles. The van der Waals surface area contributed by atoms with Gasteiger partial charge in [-0.1, -0.05) is 35.5 Å². The molecule has 0 radical (unpaired) electrons. The number of thioether (sulfide) groups is 1. The molecule has 1 heterocycles. The summed E-state index contributed by atoms with van der Waals surface area (Å²) in [6, 6.07) is 9.90. The van der Waals surface area contributed by atoms with E-state index in [0.717, 1.165) is 11.3 Å². The lowest BCUT2D eigenvalue weighted by atomic mass is 10.1. The number of carbonyl (C=O) groups is 1. The topological polar surface area (TPSA) is 55.1 Å². The van der Waals surface area contributed by atoms with Gasteiger partial charge < -0.3 is 9.84 Å². The van der Waals surface area contributed by atoms with Crippen LogP contribution in [0.1, 0.15) is 22.9 Å². The Labute approximate surface area is 133 Å². The molecule has 1 N–H and O–H groups in total. The van der Waals surface area contributed by atoms with Crippen LogP contribution in [0.25, 0.3) is 0 Å². The van der Waals surface area contributed by atoms with Crippen molar-refractivity contribution in [2.75, 3.05) is 12.0 Å². The number of halogens is 1. The molecule has 0 saturated carbocycles. The van der Waals surface area contributed by atoms with Crippen LogP contribution >= 0.6 is 23.4 Å². The van der Waals surface area contributed by atoms with E-state index in [1.54, 1.807) is 18.7 Å². The molecule has 0 bridgehead atoms. The van der Waals surface area contributed by atoms with Gasteiger partial charge in [0.25, 0.3) is 0 Å². The summed E-state index contributed by atoms with van der Waals surface area (Å²) in [6.07, 6.45) is 2.19. The number of amides is 1. The predicted octanol–water partition coefficient (Wildman–Crippen LogP) is 3.40. The lowest BCUT2D eigenvalue weighted by Crippen LogP contribution is -2.31. The SMILES string of the molecule is CSC[C@H](NC(=O)Cc1c(C)noc1Cl)c1ccccc1. The first-order valence-electron chi connectivity index (χ1n) is 6.55. The maximum absolute atomic E-state index is 12.2. The van der Waals surface area contributed by atoms with E-state index >= 15 is 0 Å². The van der Waals surface area contributed by atoms with E-state index in [-0.39, 0.29) is 23.6 Å². The summed E-state index contributed by atoms with van der Waals surface area (Å²) in [4.78, 5) is 12.2. The van der Waals surface area contributed by atoms with Crippen molar-refractivity contribution in [1.29, 1.82) is 0 Å². The number of benzene rings is 1. The van der Waals surface area contributed by atoms with E-state index in [2.05, 4.69) is 10.5 Å². The lowest BCUT2D eigenvalue weighted by molar-refractivity contribution is -0.121. The van der Waals surface area contributed by atoms with Gasteiger partial charge in [-0.25, -0.2) is 0 Å². The maximum Gasteiger partial charge on any atom is 0.229 e. The number of nitrogens with one attached hydrogen (secondary N) is 1. The van der Waals surface area contributed by atoms with Crippen molar-refractivity contribution in [3.63, 3.8) is 0 Å². The van der Waals surface area contributed by atoms with Crippen molar-refractivity contribution in [3.8, 4) is 0 Å². The molecule has 0 aliphatic heterocycles. The van der Waals surface area contributed by atoms with Gasteiger partial charge in [-0.05, 0) is 30.3 Å². The number of hydrogen-bond donors (Lipinski definition) is 1. The predicted molar refractivity (Wildman–Crippen MR) is 85.7 cm³/mol. The van der Waals surface area contributed by atoms with Gasteiger partial charge in [0.1, 0.15) is 0 Å². The Bertz CT molecular complexity index is 581. The zero-order chi connectivity index (χ0) is 15.2. The number of rotatable bonds is 6. The Morgan fingerprint density at radius 3 is 2.71 bits per heavy atom. The van der Waals surface area contributed by atoms with Crippen LogP contribution in [0.15, 0.2) is 34.9 Å². The Morgan fingerprint density at radius 2 is 2.14 bits per heavy atom. The Morgan fingerprint density at radius 1 is 1.43 bits per heavy atom. The van der Waals surface area contributed by atoms with Crippen LogP contribution in [0.4, 0.5) is 0 Å². The van der Waals surface area contributed by atoms with Crippen LogP contribution in [0.3, 0.4) is 0 Å². The van der Waals surface area contributed by atoms with E-state index in [4.69, 9.17) is 16.1 Å². The number of aromatic nitrogens is 1. The van der Waals surface area contributed by atoms with Gasteiger partial charge in [0.2, 0.25) is 11.1 Å². The van der Waals surface area contributed by atoms with Crippen LogP contribution in [0.2, 0.25) is 5.22 Å². The fraction of sp³-hybridized carbons (Fsp3) is 0.333. The minimum absolute atomic E-state index is 0.0207. The van der Waals surface area contributed by atoms with Crippen LogP contribution in [0, 0.1) is 6.92 Å². The standard InChI is InChI=1S/C15H17ClN2O2S/c1-10-12(15(16)20-18-10)8-14(19)17-13(9-21-2)11-6-4-3-5-7-11/h3-7,13H,8-9H2,1-2H3,(H,17,19)/t13-/m0/s1. The highest BCUT2D eigenvalue weighted by atomic mass is 35.5. The molecule has 0 aliphatic carbocycles. The van der Waals surface area contributed by atoms with Crippen LogP contribution in [-0.4, -0.2) is 23.1 Å². The van der Waals surface area contributed by atoms with Crippen molar-refractivity contribution in [3.05, 3.63) is 52.4 Å². The molecule has 1 aromatic carbocycles. The minimum Gasteiger partial charge on any atom is -0.348 e. The molecule has 2 aromatic rings. The molecule has 21 heavy (non-hydrogen) atoms. The molecular weight excluding hydrogens is 308 g/mol. The smallest absolute Gasteiger partial charge is 0.229 e. The summed E-state index contributed by atoms with van der Waals surface area (Å²) < 4.78 is 4.86. The molecular formula is C15H17ClN2O2S. The van der Waals surface area contributed by atoms with Gasteiger partial charge in [-0.15, -0.1) is 0 Å². The number of hydrogen-bond acceptors (Lipinski definition) is 4. The van der Waals surface area contributed by atoms with Crippen LogP contribution < -0.4 is 5.32 Å². The van der Waals surface area contributed by atoms with E-state index in [1.165, 1.54) is 0 Å². The maximum atomic E-state index is 12.2. The molecule has 2 rings (SSSR count). The molecule has 1 aromatic heterocycles. The van der Waals surface area contributed by atoms with E-state index < -0.39 is 0 Å². The van der Waals surface area contributed by atoms with E-state index in [0.29, 0.717) is 11.3 Å². The molecule has 1 atom stereocenters. The summed E-state index contributed by atoms with van der Waals surface area (Å²) in [6.45, 7) is 1.77. The fourth-order valence-corrected chi connectivity index (χ4v) is 2.88. The first kappa shape index (κ1) is 15.9. The summed E-state index contributed by atoms with van der Waals surface area (Å²) in [5.74, 6) is 0.720. The molecule has 4 nitrogen and oxygen atoms in total. The second-order valence-corrected chi connectivity index (χ2v) is 5.94. The van der Waals surface area contributed by atoms with Gasteiger partial charge in [0, 0.05) is 11.3 Å². The molecule has 0 spiro atoms. The first-order valence-corrected chi connectivity index (χ1v) is 8.33. The Hall–Kier alpha value is -1.46. The zero-order valence-corrected chi connectivity index (χ0v) is 13.5. The minimum atomic E-state index is -0.0916. The number of nitrogens with zero attached hydrogens (tertiary/aromatic N) is 1. The lowest BCUT2D eigenvalue weighted by Gasteiger charge is -2.18. The van der Waals surface area contributed by atoms with Gasteiger partial charge in [0.15, 0.2) is 0 Å². The molecule has 112 valence electrons. The van der Waals surface area contributed by atoms with Gasteiger partial charge in [-0.2, -0.15) is 11.8 Å². The zero-order valence-electron chi connectivity index (χ0n) is 11.9. The normalized spacial score (nSPS) is 12.1. The summed E-state index contributed by atoms with van der Waals surface area (Å²) in [5.41, 5.74) is 2.38. The highest BCUT2D eigenvalue weighted by molar-refractivity contribution is 7.98. The highest BCUT2D eigenvalue weighted by Crippen LogP contribution is 2.21. The monoisotopic (exact) mass is 324 g/mol. The van der Waals surface area contributed by atoms with E-state index in [1.807, 2.05) is 36.6 Å². The van der Waals surface area contributed by atoms with E-state index in [9.17, 15) is 4.79 Å². The van der Waals surface area contributed by atoms with Gasteiger partial charge in [0.05, 0.1) is 18.2 Å². The Kier molecular flexibility index (Phi) is 5.70. The van der Waals surface area contributed by atoms with Crippen LogP contribution in [-0.2, 0) is 11.2 Å².